The van der Waals surface area contributed by atoms with Crippen LogP contribution >= 0.6 is 0 Å². The van der Waals surface area contributed by atoms with Crippen LogP contribution in [0.5, 0.6) is 0 Å². The molecular weight excluding hydrogens is 372 g/mol. The van der Waals surface area contributed by atoms with Crippen LogP contribution in [-0.2, 0) is 10.0 Å². The Morgan fingerprint density at radius 3 is 1.96 bits per heavy atom. The first-order chi connectivity index (χ1) is 13.4. The Morgan fingerprint density at radius 1 is 0.857 bits per heavy atom. The first kappa shape index (κ1) is 19.6. The Hall–Kier alpha value is -3.12. The van der Waals surface area contributed by atoms with E-state index in [2.05, 4.69) is 5.32 Å². The smallest absolute Gasteiger partial charge is 0.264 e. The van der Waals surface area contributed by atoms with E-state index >= 15 is 0 Å². The highest BCUT2D eigenvalue weighted by Gasteiger charge is 2.21. The highest BCUT2D eigenvalue weighted by Crippen LogP contribution is 2.22. The number of hydrogen-bond acceptors (Lipinski definition) is 3. The summed E-state index contributed by atoms with van der Waals surface area (Å²) < 4.78 is 26.8. The molecule has 1 amide bonds. The van der Waals surface area contributed by atoms with Gasteiger partial charge in [0.1, 0.15) is 0 Å². The SMILES string of the molecule is C[C@H](NC(=O)c1ccc(S(=O)(=O)N(C)c2ccccc2)cc1)c1ccccc1. The van der Waals surface area contributed by atoms with Gasteiger partial charge in [-0.05, 0) is 48.9 Å². The van der Waals surface area contributed by atoms with Gasteiger partial charge in [-0.25, -0.2) is 8.42 Å². The van der Waals surface area contributed by atoms with Crippen molar-refractivity contribution < 1.29 is 13.2 Å². The second-order valence-corrected chi connectivity index (χ2v) is 8.41. The second-order valence-electron chi connectivity index (χ2n) is 6.44. The van der Waals surface area contributed by atoms with Crippen LogP contribution in [0.2, 0.25) is 0 Å². The predicted octanol–water partition coefficient (Wildman–Crippen LogP) is 4.00. The van der Waals surface area contributed by atoms with Gasteiger partial charge in [-0.2, -0.15) is 0 Å². The van der Waals surface area contributed by atoms with Crippen LogP contribution in [0.1, 0.15) is 28.9 Å². The summed E-state index contributed by atoms with van der Waals surface area (Å²) in [5, 5.41) is 2.92. The molecule has 0 saturated heterocycles. The van der Waals surface area contributed by atoms with Gasteiger partial charge < -0.3 is 5.32 Å². The maximum atomic E-state index is 12.8. The molecule has 3 rings (SSSR count). The third kappa shape index (κ3) is 4.23. The molecule has 3 aromatic rings. The fourth-order valence-electron chi connectivity index (χ4n) is 2.82. The fourth-order valence-corrected chi connectivity index (χ4v) is 4.01. The highest BCUT2D eigenvalue weighted by molar-refractivity contribution is 7.92. The normalized spacial score (nSPS) is 12.2. The first-order valence-corrected chi connectivity index (χ1v) is 10.3. The van der Waals surface area contributed by atoms with Gasteiger partial charge in [-0.3, -0.25) is 9.10 Å². The van der Waals surface area contributed by atoms with Crippen molar-refractivity contribution in [1.82, 2.24) is 5.32 Å². The molecule has 0 fully saturated rings. The summed E-state index contributed by atoms with van der Waals surface area (Å²) in [6.07, 6.45) is 0. The average Bonchev–Trinajstić information content (AvgIpc) is 2.74. The molecule has 0 aliphatic heterocycles. The minimum atomic E-state index is -3.70. The number of anilines is 1. The van der Waals surface area contributed by atoms with Gasteiger partial charge in [-0.1, -0.05) is 48.5 Å². The van der Waals surface area contributed by atoms with Crippen LogP contribution < -0.4 is 9.62 Å². The molecule has 5 nitrogen and oxygen atoms in total. The lowest BCUT2D eigenvalue weighted by Gasteiger charge is -2.19. The summed E-state index contributed by atoms with van der Waals surface area (Å²) in [6.45, 7) is 1.90. The van der Waals surface area contributed by atoms with E-state index in [1.807, 2.05) is 43.3 Å². The molecule has 0 aromatic heterocycles. The number of nitrogens with zero attached hydrogens (tertiary/aromatic N) is 1. The third-order valence-corrected chi connectivity index (χ3v) is 6.34. The second kappa shape index (κ2) is 8.27. The molecule has 0 aliphatic rings. The number of benzene rings is 3. The quantitative estimate of drug-likeness (QED) is 0.687. The summed E-state index contributed by atoms with van der Waals surface area (Å²) in [5.41, 5.74) is 1.98. The largest absolute Gasteiger partial charge is 0.346 e. The molecule has 28 heavy (non-hydrogen) atoms. The van der Waals surface area contributed by atoms with Crippen molar-refractivity contribution in [3.05, 3.63) is 96.1 Å². The molecule has 0 aliphatic carbocycles. The van der Waals surface area contributed by atoms with Crippen molar-refractivity contribution in [2.45, 2.75) is 17.9 Å². The number of para-hydroxylation sites is 1. The van der Waals surface area contributed by atoms with Gasteiger partial charge in [0.15, 0.2) is 0 Å². The van der Waals surface area contributed by atoms with Crippen molar-refractivity contribution in [2.75, 3.05) is 11.4 Å². The molecule has 0 bridgehead atoms. The Balaban J connectivity index is 1.75. The Bertz CT molecular complexity index is 1030. The zero-order valence-electron chi connectivity index (χ0n) is 15.7. The van der Waals surface area contributed by atoms with Crippen LogP contribution in [0.15, 0.2) is 89.8 Å². The van der Waals surface area contributed by atoms with Crippen LogP contribution in [-0.4, -0.2) is 21.4 Å². The standard InChI is InChI=1S/C22H22N2O3S/c1-17(18-9-5-3-6-10-18)23-22(25)19-13-15-21(16-14-19)28(26,27)24(2)20-11-7-4-8-12-20/h3-17H,1-2H3,(H,23,25)/t17-/m0/s1. The van der Waals surface area contributed by atoms with Crippen molar-refractivity contribution >= 4 is 21.6 Å². The van der Waals surface area contributed by atoms with E-state index in [4.69, 9.17) is 0 Å². The third-order valence-electron chi connectivity index (χ3n) is 4.54. The van der Waals surface area contributed by atoms with Crippen molar-refractivity contribution in [2.24, 2.45) is 0 Å². The van der Waals surface area contributed by atoms with Gasteiger partial charge >= 0.3 is 0 Å². The molecule has 6 heteroatoms. The maximum absolute atomic E-state index is 12.8. The minimum Gasteiger partial charge on any atom is -0.346 e. The van der Waals surface area contributed by atoms with E-state index in [1.165, 1.54) is 35.6 Å². The highest BCUT2D eigenvalue weighted by atomic mass is 32.2. The molecule has 0 heterocycles. The van der Waals surface area contributed by atoms with E-state index in [0.29, 0.717) is 11.3 Å². The van der Waals surface area contributed by atoms with Gasteiger partial charge in [0.25, 0.3) is 15.9 Å². The molecule has 0 spiro atoms. The van der Waals surface area contributed by atoms with Crippen molar-refractivity contribution in [3.8, 4) is 0 Å². The zero-order valence-corrected chi connectivity index (χ0v) is 16.6. The van der Waals surface area contributed by atoms with E-state index in [0.717, 1.165) is 5.56 Å². The molecule has 1 N–H and O–H groups in total. The number of nitrogens with one attached hydrogen (secondary N) is 1. The number of sulfonamides is 1. The number of hydrogen-bond donors (Lipinski definition) is 1. The van der Waals surface area contributed by atoms with Crippen molar-refractivity contribution in [1.29, 1.82) is 0 Å². The average molecular weight is 394 g/mol. The lowest BCUT2D eigenvalue weighted by Crippen LogP contribution is -2.28. The maximum Gasteiger partial charge on any atom is 0.264 e. The monoisotopic (exact) mass is 394 g/mol. The van der Waals surface area contributed by atoms with Gasteiger partial charge in [0.2, 0.25) is 0 Å². The molecule has 3 aromatic carbocycles. The molecule has 144 valence electrons. The summed E-state index contributed by atoms with van der Waals surface area (Å²) in [5.74, 6) is -0.253. The molecular formula is C22H22N2O3S. The molecule has 0 unspecified atom stereocenters. The van der Waals surface area contributed by atoms with E-state index < -0.39 is 10.0 Å². The van der Waals surface area contributed by atoms with Gasteiger partial charge in [0, 0.05) is 12.6 Å². The lowest BCUT2D eigenvalue weighted by atomic mass is 10.1. The Morgan fingerprint density at radius 2 is 1.39 bits per heavy atom. The topological polar surface area (TPSA) is 66.5 Å². The van der Waals surface area contributed by atoms with E-state index in [-0.39, 0.29) is 16.8 Å². The van der Waals surface area contributed by atoms with Gasteiger partial charge in [-0.15, -0.1) is 0 Å². The Kier molecular flexibility index (Phi) is 5.80. The van der Waals surface area contributed by atoms with Crippen LogP contribution in [0, 0.1) is 0 Å². The molecule has 0 saturated carbocycles. The zero-order chi connectivity index (χ0) is 20.1. The van der Waals surface area contributed by atoms with Crippen LogP contribution in [0.4, 0.5) is 5.69 Å². The van der Waals surface area contributed by atoms with Crippen LogP contribution in [0.25, 0.3) is 0 Å². The number of carbonyl (C=O) groups excluding carboxylic acids is 1. The Labute approximate surface area is 165 Å². The summed E-state index contributed by atoms with van der Waals surface area (Å²) in [4.78, 5) is 12.6. The minimum absolute atomic E-state index is 0.131. The fraction of sp³-hybridized carbons (Fsp3) is 0.136. The summed E-state index contributed by atoms with van der Waals surface area (Å²) in [7, 11) is -2.19. The van der Waals surface area contributed by atoms with Crippen molar-refractivity contribution in [3.63, 3.8) is 0 Å². The number of rotatable bonds is 6. The summed E-state index contributed by atoms with van der Waals surface area (Å²) >= 11 is 0. The predicted molar refractivity (Wildman–Crippen MR) is 111 cm³/mol. The molecule has 0 radical (unpaired) electrons. The van der Waals surface area contributed by atoms with Gasteiger partial charge in [0.05, 0.1) is 16.6 Å². The molecule has 1 atom stereocenters. The van der Waals surface area contributed by atoms with E-state index in [9.17, 15) is 13.2 Å². The lowest BCUT2D eigenvalue weighted by molar-refractivity contribution is 0.0940. The number of amides is 1. The number of carbonyl (C=O) groups is 1. The van der Waals surface area contributed by atoms with Crippen LogP contribution in [0.3, 0.4) is 0 Å². The first-order valence-electron chi connectivity index (χ1n) is 8.89. The van der Waals surface area contributed by atoms with E-state index in [1.54, 1.807) is 24.3 Å². The summed E-state index contributed by atoms with van der Waals surface area (Å²) in [6, 6.07) is 24.3.